The van der Waals surface area contributed by atoms with Crippen molar-refractivity contribution in [1.29, 1.82) is 0 Å². The maximum Gasteiger partial charge on any atom is 0.242 e. The van der Waals surface area contributed by atoms with E-state index in [1.807, 2.05) is 42.5 Å². The van der Waals surface area contributed by atoms with E-state index >= 15 is 0 Å². The van der Waals surface area contributed by atoms with Crippen LogP contribution < -0.4 is 10.1 Å². The minimum Gasteiger partial charge on any atom is -0.495 e. The summed E-state index contributed by atoms with van der Waals surface area (Å²) < 4.78 is 5.17. The lowest BCUT2D eigenvalue weighted by molar-refractivity contribution is -0.115. The summed E-state index contributed by atoms with van der Waals surface area (Å²) in [6.45, 7) is 2.09. The molecule has 0 spiro atoms. The number of nitrogens with one attached hydrogen (secondary N) is 1. The van der Waals surface area contributed by atoms with Crippen LogP contribution in [0.1, 0.15) is 21.9 Å². The Hall–Kier alpha value is -2.43. The second-order valence-corrected chi connectivity index (χ2v) is 7.87. The molecule has 0 aliphatic rings. The van der Waals surface area contributed by atoms with Gasteiger partial charge in [-0.25, -0.2) is 0 Å². The van der Waals surface area contributed by atoms with E-state index < -0.39 is 0 Å². The van der Waals surface area contributed by atoms with Crippen molar-refractivity contribution in [3.63, 3.8) is 0 Å². The highest BCUT2D eigenvalue weighted by Gasteiger charge is 2.22. The molecule has 0 bridgehead atoms. The molecule has 0 fully saturated rings. The summed E-state index contributed by atoms with van der Waals surface area (Å²) in [5, 5.41) is 3.11. The normalized spacial score (nSPS) is 11.7. The van der Waals surface area contributed by atoms with E-state index in [4.69, 9.17) is 16.3 Å². The number of benzene rings is 3. The van der Waals surface area contributed by atoms with E-state index in [-0.39, 0.29) is 11.2 Å². The summed E-state index contributed by atoms with van der Waals surface area (Å²) >= 11 is 7.80. The molecule has 3 aromatic rings. The first-order valence-electron chi connectivity index (χ1n) is 8.94. The van der Waals surface area contributed by atoms with E-state index in [0.717, 1.165) is 11.3 Å². The molecule has 144 valence electrons. The van der Waals surface area contributed by atoms with Crippen molar-refractivity contribution in [3.8, 4) is 5.75 Å². The van der Waals surface area contributed by atoms with Crippen molar-refractivity contribution in [2.75, 3.05) is 12.4 Å². The number of methoxy groups -OCH3 is 1. The van der Waals surface area contributed by atoms with Crippen LogP contribution in [-0.4, -0.2) is 13.0 Å². The fraction of sp³-hybridized carbons (Fsp3) is 0.174. The predicted molar refractivity (Wildman–Crippen MR) is 118 cm³/mol. The van der Waals surface area contributed by atoms with Crippen LogP contribution in [-0.2, 0) is 10.5 Å². The van der Waals surface area contributed by atoms with Gasteiger partial charge in [-0.2, -0.15) is 0 Å². The van der Waals surface area contributed by atoms with Crippen LogP contribution in [0.3, 0.4) is 0 Å². The SMILES string of the molecule is COc1ccc(NC(=O)[C@@H](SCc2ccccc2C)c2ccccc2)cc1Cl. The Morgan fingerprint density at radius 2 is 1.79 bits per heavy atom. The molecule has 1 atom stereocenters. The van der Waals surface area contributed by atoms with E-state index in [9.17, 15) is 4.79 Å². The number of ether oxygens (including phenoxy) is 1. The van der Waals surface area contributed by atoms with Gasteiger partial charge in [0.2, 0.25) is 5.91 Å². The van der Waals surface area contributed by atoms with Crippen LogP contribution in [0.4, 0.5) is 5.69 Å². The number of anilines is 1. The zero-order valence-electron chi connectivity index (χ0n) is 15.8. The Labute approximate surface area is 175 Å². The third-order valence-electron chi connectivity index (χ3n) is 4.43. The zero-order valence-corrected chi connectivity index (χ0v) is 17.4. The second kappa shape index (κ2) is 9.67. The van der Waals surface area contributed by atoms with Crippen molar-refractivity contribution < 1.29 is 9.53 Å². The largest absolute Gasteiger partial charge is 0.495 e. The molecule has 0 aliphatic heterocycles. The minimum absolute atomic E-state index is 0.0778. The summed E-state index contributed by atoms with van der Waals surface area (Å²) in [6.07, 6.45) is 0. The molecule has 1 amide bonds. The van der Waals surface area contributed by atoms with Gasteiger partial charge in [-0.05, 0) is 41.8 Å². The van der Waals surface area contributed by atoms with Crippen molar-refractivity contribution in [2.24, 2.45) is 0 Å². The molecule has 0 saturated heterocycles. The van der Waals surface area contributed by atoms with Crippen LogP contribution in [0, 0.1) is 6.92 Å². The molecule has 3 nitrogen and oxygen atoms in total. The number of rotatable bonds is 7. The van der Waals surface area contributed by atoms with Crippen molar-refractivity contribution >= 4 is 35.0 Å². The lowest BCUT2D eigenvalue weighted by Gasteiger charge is -2.18. The second-order valence-electron chi connectivity index (χ2n) is 6.37. The number of carbonyl (C=O) groups is 1. The molecular formula is C23H22ClNO2S. The van der Waals surface area contributed by atoms with Gasteiger partial charge >= 0.3 is 0 Å². The maximum absolute atomic E-state index is 13.1. The summed E-state index contributed by atoms with van der Waals surface area (Å²) in [6, 6.07) is 23.3. The first-order valence-corrected chi connectivity index (χ1v) is 10.4. The van der Waals surface area contributed by atoms with Crippen LogP contribution in [0.2, 0.25) is 5.02 Å². The number of hydrogen-bond donors (Lipinski definition) is 1. The fourth-order valence-electron chi connectivity index (χ4n) is 2.85. The molecule has 0 radical (unpaired) electrons. The van der Waals surface area contributed by atoms with Crippen LogP contribution in [0.15, 0.2) is 72.8 Å². The van der Waals surface area contributed by atoms with Crippen molar-refractivity contribution in [2.45, 2.75) is 17.9 Å². The summed E-state index contributed by atoms with van der Waals surface area (Å²) in [7, 11) is 1.56. The monoisotopic (exact) mass is 411 g/mol. The molecule has 0 unspecified atom stereocenters. The number of amides is 1. The van der Waals surface area contributed by atoms with Gasteiger partial charge in [0.05, 0.1) is 12.1 Å². The predicted octanol–water partition coefficient (Wildman–Crippen LogP) is 6.27. The Morgan fingerprint density at radius 3 is 2.46 bits per heavy atom. The molecule has 0 aliphatic carbocycles. The molecule has 5 heteroatoms. The Balaban J connectivity index is 1.79. The maximum atomic E-state index is 13.1. The van der Waals surface area contributed by atoms with Gasteiger partial charge < -0.3 is 10.1 Å². The fourth-order valence-corrected chi connectivity index (χ4v) is 4.34. The Morgan fingerprint density at radius 1 is 1.07 bits per heavy atom. The highest BCUT2D eigenvalue weighted by atomic mass is 35.5. The van der Waals surface area contributed by atoms with Gasteiger partial charge in [0.1, 0.15) is 11.0 Å². The Kier molecular flexibility index (Phi) is 7.01. The zero-order chi connectivity index (χ0) is 19.9. The molecule has 3 rings (SSSR count). The molecular weight excluding hydrogens is 390 g/mol. The first-order chi connectivity index (χ1) is 13.6. The lowest BCUT2D eigenvalue weighted by atomic mass is 10.1. The van der Waals surface area contributed by atoms with Gasteiger partial charge in [0.15, 0.2) is 0 Å². The average molecular weight is 412 g/mol. The molecule has 0 heterocycles. The first kappa shape index (κ1) is 20.3. The summed E-state index contributed by atoms with van der Waals surface area (Å²) in [5.74, 6) is 1.25. The van der Waals surface area contributed by atoms with Crippen molar-refractivity contribution in [1.82, 2.24) is 0 Å². The van der Waals surface area contributed by atoms with Gasteiger partial charge in [-0.15, -0.1) is 11.8 Å². The van der Waals surface area contributed by atoms with Gasteiger partial charge in [-0.3, -0.25) is 4.79 Å². The van der Waals surface area contributed by atoms with Gasteiger partial charge in [-0.1, -0.05) is 66.2 Å². The average Bonchev–Trinajstić information content (AvgIpc) is 2.70. The summed E-state index contributed by atoms with van der Waals surface area (Å²) in [5.41, 5.74) is 4.07. The van der Waals surface area contributed by atoms with E-state index in [1.54, 1.807) is 37.1 Å². The topological polar surface area (TPSA) is 38.3 Å². The number of aryl methyl sites for hydroxylation is 1. The van der Waals surface area contributed by atoms with Crippen LogP contribution in [0.5, 0.6) is 5.75 Å². The highest BCUT2D eigenvalue weighted by Crippen LogP contribution is 2.34. The van der Waals surface area contributed by atoms with Crippen LogP contribution >= 0.6 is 23.4 Å². The summed E-state index contributed by atoms with van der Waals surface area (Å²) in [4.78, 5) is 13.1. The Bertz CT molecular complexity index is 946. The van der Waals surface area contributed by atoms with Crippen LogP contribution in [0.25, 0.3) is 0 Å². The molecule has 0 aromatic heterocycles. The quantitative estimate of drug-likeness (QED) is 0.497. The third-order valence-corrected chi connectivity index (χ3v) is 6.02. The van der Waals surface area contributed by atoms with E-state index in [0.29, 0.717) is 16.5 Å². The molecule has 0 saturated carbocycles. The molecule has 1 N–H and O–H groups in total. The highest BCUT2D eigenvalue weighted by molar-refractivity contribution is 7.99. The number of carbonyl (C=O) groups excluding carboxylic acids is 1. The van der Waals surface area contributed by atoms with E-state index in [1.165, 1.54) is 11.1 Å². The number of hydrogen-bond acceptors (Lipinski definition) is 3. The van der Waals surface area contributed by atoms with Gasteiger partial charge in [0, 0.05) is 11.4 Å². The van der Waals surface area contributed by atoms with E-state index in [2.05, 4.69) is 24.4 Å². The van der Waals surface area contributed by atoms with Crippen molar-refractivity contribution in [3.05, 3.63) is 94.5 Å². The van der Waals surface area contributed by atoms with Gasteiger partial charge in [0.25, 0.3) is 0 Å². The smallest absolute Gasteiger partial charge is 0.242 e. The molecule has 28 heavy (non-hydrogen) atoms. The number of thioether (sulfide) groups is 1. The number of halogens is 1. The lowest BCUT2D eigenvalue weighted by Crippen LogP contribution is -2.19. The molecule has 3 aromatic carbocycles. The minimum atomic E-state index is -0.332. The third kappa shape index (κ3) is 5.09. The standard InChI is InChI=1S/C23H22ClNO2S/c1-16-8-6-7-11-18(16)15-28-22(17-9-4-3-5-10-17)23(26)25-19-12-13-21(27-2)20(24)14-19/h3-14,22H,15H2,1-2H3,(H,25,26)/t22-/m0/s1.